The average Bonchev–Trinajstić information content (AvgIpc) is 3.18. The highest BCUT2D eigenvalue weighted by Gasteiger charge is 2.54. The first-order valence-electron chi connectivity index (χ1n) is 7.03. The van der Waals surface area contributed by atoms with Crippen LogP contribution in [0.5, 0.6) is 0 Å². The Morgan fingerprint density at radius 1 is 1.22 bits per heavy atom. The lowest BCUT2D eigenvalue weighted by Crippen LogP contribution is -2.41. The number of hydrogen-bond acceptors (Lipinski definition) is 3. The van der Waals surface area contributed by atoms with E-state index in [0.29, 0.717) is 13.0 Å². The highest BCUT2D eigenvalue weighted by Crippen LogP contribution is 2.41. The highest BCUT2D eigenvalue weighted by molar-refractivity contribution is 5.86. The molecule has 0 aromatic rings. The Kier molecular flexibility index (Phi) is 6.16. The van der Waals surface area contributed by atoms with Gasteiger partial charge in [0.2, 0.25) is 6.41 Å². The van der Waals surface area contributed by atoms with Crippen molar-refractivity contribution in [1.82, 2.24) is 4.90 Å². The molecule has 4 heteroatoms. The van der Waals surface area contributed by atoms with Gasteiger partial charge in [0.05, 0.1) is 6.61 Å². The summed E-state index contributed by atoms with van der Waals surface area (Å²) in [6, 6.07) is 0. The minimum atomic E-state index is -0.635. The van der Waals surface area contributed by atoms with E-state index < -0.39 is 5.54 Å². The van der Waals surface area contributed by atoms with E-state index in [-0.39, 0.29) is 5.97 Å². The van der Waals surface area contributed by atoms with Gasteiger partial charge in [0.15, 0.2) is 0 Å². The number of hydrogen-bond donors (Lipinski definition) is 0. The molecule has 0 heterocycles. The molecule has 1 amide bonds. The zero-order chi connectivity index (χ0) is 13.4. The summed E-state index contributed by atoms with van der Waals surface area (Å²) in [5.41, 5.74) is -0.635. The molecule has 0 aromatic carbocycles. The van der Waals surface area contributed by atoms with E-state index >= 15 is 0 Å². The van der Waals surface area contributed by atoms with Gasteiger partial charge in [-0.2, -0.15) is 0 Å². The van der Waals surface area contributed by atoms with E-state index in [1.54, 1.807) is 7.05 Å². The van der Waals surface area contributed by atoms with Gasteiger partial charge in [-0.25, -0.2) is 4.79 Å². The number of esters is 1. The Morgan fingerprint density at radius 2 is 1.83 bits per heavy atom. The molecule has 104 valence electrons. The summed E-state index contributed by atoms with van der Waals surface area (Å²) >= 11 is 0. The van der Waals surface area contributed by atoms with E-state index in [1.807, 2.05) is 0 Å². The third kappa shape index (κ3) is 4.00. The van der Waals surface area contributed by atoms with Crippen molar-refractivity contribution in [3.8, 4) is 0 Å². The molecule has 0 aliphatic heterocycles. The van der Waals surface area contributed by atoms with Crippen LogP contribution in [-0.2, 0) is 14.3 Å². The molecule has 0 atom stereocenters. The maximum Gasteiger partial charge on any atom is 0.332 e. The van der Waals surface area contributed by atoms with Crippen molar-refractivity contribution in [2.45, 2.75) is 63.8 Å². The minimum absolute atomic E-state index is 0.231. The third-order valence-corrected chi connectivity index (χ3v) is 3.67. The molecule has 0 unspecified atom stereocenters. The lowest BCUT2D eigenvalue weighted by molar-refractivity contribution is -0.153. The Hall–Kier alpha value is -1.06. The molecular weight excluding hydrogens is 230 g/mol. The number of unbranched alkanes of at least 4 members (excludes halogenated alkanes) is 5. The number of nitrogens with zero attached hydrogens (tertiary/aromatic N) is 1. The summed E-state index contributed by atoms with van der Waals surface area (Å²) in [5.74, 6) is -0.231. The Labute approximate surface area is 110 Å². The van der Waals surface area contributed by atoms with Crippen LogP contribution in [0.3, 0.4) is 0 Å². The molecule has 1 fully saturated rings. The van der Waals surface area contributed by atoms with Crippen LogP contribution in [0.15, 0.2) is 0 Å². The molecule has 4 nitrogen and oxygen atoms in total. The fourth-order valence-electron chi connectivity index (χ4n) is 2.10. The van der Waals surface area contributed by atoms with Gasteiger partial charge in [-0.3, -0.25) is 4.79 Å². The second-order valence-electron chi connectivity index (χ2n) is 5.15. The Balaban J connectivity index is 2.09. The molecular formula is C14H25NO3. The van der Waals surface area contributed by atoms with Crippen molar-refractivity contribution in [1.29, 1.82) is 0 Å². The molecule has 0 N–H and O–H groups in total. The predicted octanol–water partition coefficient (Wildman–Crippen LogP) is 2.51. The summed E-state index contributed by atoms with van der Waals surface area (Å²) in [5, 5.41) is 0. The van der Waals surface area contributed by atoms with Crippen LogP contribution in [0.4, 0.5) is 0 Å². The van der Waals surface area contributed by atoms with Gasteiger partial charge >= 0.3 is 5.97 Å². The Morgan fingerprint density at radius 3 is 2.39 bits per heavy atom. The smallest absolute Gasteiger partial charge is 0.332 e. The van der Waals surface area contributed by atoms with E-state index in [2.05, 4.69) is 6.92 Å². The van der Waals surface area contributed by atoms with Crippen LogP contribution < -0.4 is 0 Å². The standard InChI is InChI=1S/C14H25NO3/c1-3-4-5-6-7-8-11-18-13(17)14(9-10-14)15(2)12-16/h12H,3-11H2,1-2H3. The van der Waals surface area contributed by atoms with Crippen LogP contribution in [0.2, 0.25) is 0 Å². The van der Waals surface area contributed by atoms with Gasteiger partial charge in [0.1, 0.15) is 5.54 Å². The van der Waals surface area contributed by atoms with Gasteiger partial charge in [0, 0.05) is 7.05 Å². The van der Waals surface area contributed by atoms with Crippen molar-refractivity contribution < 1.29 is 14.3 Å². The summed E-state index contributed by atoms with van der Waals surface area (Å²) in [6.07, 6.45) is 9.23. The first kappa shape index (κ1) is 15.0. The molecule has 0 bridgehead atoms. The second-order valence-corrected chi connectivity index (χ2v) is 5.15. The van der Waals surface area contributed by atoms with Crippen molar-refractivity contribution >= 4 is 12.4 Å². The number of likely N-dealkylation sites (N-methyl/N-ethyl adjacent to an activating group) is 1. The highest BCUT2D eigenvalue weighted by atomic mass is 16.5. The molecule has 0 aromatic heterocycles. The Bertz CT molecular complexity index is 274. The van der Waals surface area contributed by atoms with Crippen LogP contribution >= 0.6 is 0 Å². The number of carbonyl (C=O) groups is 2. The van der Waals surface area contributed by atoms with Gasteiger partial charge < -0.3 is 9.64 Å². The van der Waals surface area contributed by atoms with Crippen molar-refractivity contribution in [2.75, 3.05) is 13.7 Å². The summed E-state index contributed by atoms with van der Waals surface area (Å²) in [4.78, 5) is 24.0. The fraction of sp³-hybridized carbons (Fsp3) is 0.857. The van der Waals surface area contributed by atoms with Gasteiger partial charge in [-0.1, -0.05) is 39.0 Å². The van der Waals surface area contributed by atoms with E-state index in [1.165, 1.54) is 30.6 Å². The zero-order valence-electron chi connectivity index (χ0n) is 11.6. The quantitative estimate of drug-likeness (QED) is 0.342. The summed E-state index contributed by atoms with van der Waals surface area (Å²) in [6.45, 7) is 2.68. The van der Waals surface area contributed by atoms with Crippen LogP contribution in [0.1, 0.15) is 58.3 Å². The van der Waals surface area contributed by atoms with Crippen LogP contribution in [-0.4, -0.2) is 36.5 Å². The molecule has 0 saturated heterocycles. The minimum Gasteiger partial charge on any atom is -0.464 e. The molecule has 1 aliphatic carbocycles. The van der Waals surface area contributed by atoms with Gasteiger partial charge in [0.25, 0.3) is 0 Å². The lowest BCUT2D eigenvalue weighted by atomic mass is 10.1. The number of amides is 1. The number of ether oxygens (including phenoxy) is 1. The number of rotatable bonds is 10. The molecule has 0 spiro atoms. The largest absolute Gasteiger partial charge is 0.464 e. The molecule has 0 radical (unpaired) electrons. The predicted molar refractivity (Wildman–Crippen MR) is 70.1 cm³/mol. The first-order chi connectivity index (χ1) is 8.67. The zero-order valence-corrected chi connectivity index (χ0v) is 11.6. The molecule has 18 heavy (non-hydrogen) atoms. The maximum absolute atomic E-state index is 11.8. The third-order valence-electron chi connectivity index (χ3n) is 3.67. The van der Waals surface area contributed by atoms with E-state index in [0.717, 1.165) is 25.7 Å². The molecule has 1 aliphatic rings. The first-order valence-corrected chi connectivity index (χ1v) is 7.03. The van der Waals surface area contributed by atoms with Crippen LogP contribution in [0.25, 0.3) is 0 Å². The summed E-state index contributed by atoms with van der Waals surface area (Å²) < 4.78 is 5.26. The van der Waals surface area contributed by atoms with Crippen LogP contribution in [0, 0.1) is 0 Å². The lowest BCUT2D eigenvalue weighted by Gasteiger charge is -2.21. The van der Waals surface area contributed by atoms with Gasteiger partial charge in [-0.15, -0.1) is 0 Å². The SMILES string of the molecule is CCCCCCCCOC(=O)C1(N(C)C=O)CC1. The second kappa shape index (κ2) is 7.39. The monoisotopic (exact) mass is 255 g/mol. The fourth-order valence-corrected chi connectivity index (χ4v) is 2.10. The van der Waals surface area contributed by atoms with Gasteiger partial charge in [-0.05, 0) is 19.3 Å². The molecule has 1 saturated carbocycles. The van der Waals surface area contributed by atoms with Crippen molar-refractivity contribution in [2.24, 2.45) is 0 Å². The van der Waals surface area contributed by atoms with E-state index in [9.17, 15) is 9.59 Å². The summed E-state index contributed by atoms with van der Waals surface area (Å²) in [7, 11) is 1.64. The van der Waals surface area contributed by atoms with Crippen molar-refractivity contribution in [3.05, 3.63) is 0 Å². The normalized spacial score (nSPS) is 16.1. The maximum atomic E-state index is 11.8. The van der Waals surface area contributed by atoms with Crippen molar-refractivity contribution in [3.63, 3.8) is 0 Å². The average molecular weight is 255 g/mol. The molecule has 1 rings (SSSR count). The number of carbonyl (C=O) groups excluding carboxylic acids is 2. The van der Waals surface area contributed by atoms with E-state index in [4.69, 9.17) is 4.74 Å². The topological polar surface area (TPSA) is 46.6 Å².